The second-order valence-corrected chi connectivity index (χ2v) is 5.25. The van der Waals surface area contributed by atoms with E-state index in [0.717, 1.165) is 5.56 Å². The molecule has 0 unspecified atom stereocenters. The second-order valence-electron chi connectivity index (χ2n) is 5.25. The van der Waals surface area contributed by atoms with Gasteiger partial charge in [-0.15, -0.1) is 0 Å². The predicted octanol–water partition coefficient (Wildman–Crippen LogP) is 3.50. The summed E-state index contributed by atoms with van der Waals surface area (Å²) in [5.41, 5.74) is 2.01. The van der Waals surface area contributed by atoms with Crippen molar-refractivity contribution in [1.82, 2.24) is 9.97 Å². The summed E-state index contributed by atoms with van der Waals surface area (Å²) in [6.45, 7) is 1.95. The minimum atomic E-state index is -0.535. The Balaban J connectivity index is 2.06. The fraction of sp³-hybridized carbons (Fsp3) is 0.0556. The van der Waals surface area contributed by atoms with Crippen LogP contribution in [0.5, 0.6) is 0 Å². The van der Waals surface area contributed by atoms with Gasteiger partial charge in [0.15, 0.2) is 0 Å². The minimum absolute atomic E-state index is 0.0523. The molecule has 0 spiro atoms. The van der Waals surface area contributed by atoms with E-state index in [-0.39, 0.29) is 17.3 Å². The quantitative estimate of drug-likeness (QED) is 0.774. The molecule has 0 saturated carbocycles. The maximum Gasteiger partial charge on any atom is 0.270 e. The lowest BCUT2D eigenvalue weighted by molar-refractivity contribution is 0.628. The zero-order valence-corrected chi connectivity index (χ0v) is 12.8. The van der Waals surface area contributed by atoms with E-state index < -0.39 is 5.56 Å². The average molecular weight is 320 g/mol. The van der Waals surface area contributed by atoms with Crippen LogP contribution in [0.4, 0.5) is 16.0 Å². The number of hydrogen-bond acceptors (Lipinski definition) is 4. The molecule has 5 nitrogen and oxygen atoms in total. The van der Waals surface area contributed by atoms with Crippen molar-refractivity contribution in [2.24, 2.45) is 0 Å². The molecule has 0 aliphatic rings. The van der Waals surface area contributed by atoms with Crippen molar-refractivity contribution in [3.05, 3.63) is 75.8 Å². The highest BCUT2D eigenvalue weighted by molar-refractivity contribution is 5.68. The summed E-state index contributed by atoms with van der Waals surface area (Å²) in [5, 5.41) is 12.2. The molecule has 118 valence electrons. The Morgan fingerprint density at radius 3 is 2.42 bits per heavy atom. The van der Waals surface area contributed by atoms with Crippen LogP contribution in [0, 0.1) is 24.1 Å². The summed E-state index contributed by atoms with van der Waals surface area (Å²) in [4.78, 5) is 19.0. The van der Waals surface area contributed by atoms with Gasteiger partial charge in [0.05, 0.1) is 5.69 Å². The summed E-state index contributed by atoms with van der Waals surface area (Å²) < 4.78 is 13.0. The van der Waals surface area contributed by atoms with Crippen molar-refractivity contribution in [3.63, 3.8) is 0 Å². The normalized spacial score (nSPS) is 10.2. The molecule has 0 fully saturated rings. The molecule has 3 aromatic rings. The third kappa shape index (κ3) is 3.15. The molecule has 6 heteroatoms. The van der Waals surface area contributed by atoms with Crippen LogP contribution in [-0.4, -0.2) is 9.97 Å². The highest BCUT2D eigenvalue weighted by atomic mass is 19.1. The highest BCUT2D eigenvalue weighted by Crippen LogP contribution is 2.21. The molecule has 3 rings (SSSR count). The van der Waals surface area contributed by atoms with Crippen molar-refractivity contribution in [2.75, 3.05) is 5.32 Å². The molecule has 1 aromatic heterocycles. The Morgan fingerprint density at radius 1 is 1.12 bits per heavy atom. The van der Waals surface area contributed by atoms with Crippen LogP contribution in [0.15, 0.2) is 53.3 Å². The van der Waals surface area contributed by atoms with Gasteiger partial charge >= 0.3 is 0 Å². The molecule has 0 atom stereocenters. The van der Waals surface area contributed by atoms with Crippen molar-refractivity contribution in [3.8, 4) is 17.3 Å². The smallest absolute Gasteiger partial charge is 0.270 e. The Bertz CT molecular complexity index is 970. The first kappa shape index (κ1) is 15.4. The van der Waals surface area contributed by atoms with E-state index in [1.54, 1.807) is 12.1 Å². The summed E-state index contributed by atoms with van der Waals surface area (Å²) in [6.07, 6.45) is 0. The number of nitrogens with one attached hydrogen (secondary N) is 2. The van der Waals surface area contributed by atoms with E-state index in [2.05, 4.69) is 15.3 Å². The zero-order valence-electron chi connectivity index (χ0n) is 12.8. The SMILES string of the molecule is Cc1ccc(-c2nc(Nc3ccc(F)cc3)[nH]c(=O)c2C#N)cc1. The minimum Gasteiger partial charge on any atom is -0.326 e. The van der Waals surface area contributed by atoms with Gasteiger partial charge in [-0.3, -0.25) is 9.78 Å². The number of H-pyrrole nitrogens is 1. The molecule has 0 radical (unpaired) electrons. The number of halogens is 1. The average Bonchev–Trinajstić information content (AvgIpc) is 2.57. The van der Waals surface area contributed by atoms with Gasteiger partial charge in [-0.25, -0.2) is 9.37 Å². The number of nitrogens with zero attached hydrogens (tertiary/aromatic N) is 2. The van der Waals surface area contributed by atoms with Gasteiger partial charge in [-0.1, -0.05) is 29.8 Å². The number of aryl methyl sites for hydroxylation is 1. The molecule has 0 bridgehead atoms. The van der Waals surface area contributed by atoms with Crippen molar-refractivity contribution in [1.29, 1.82) is 5.26 Å². The van der Waals surface area contributed by atoms with Gasteiger partial charge in [0.1, 0.15) is 17.4 Å². The molecule has 24 heavy (non-hydrogen) atoms. The zero-order chi connectivity index (χ0) is 17.1. The number of aromatic nitrogens is 2. The first-order valence-electron chi connectivity index (χ1n) is 7.21. The summed E-state index contributed by atoms with van der Waals surface area (Å²) in [7, 11) is 0. The molecule has 2 aromatic carbocycles. The number of anilines is 2. The highest BCUT2D eigenvalue weighted by Gasteiger charge is 2.13. The van der Waals surface area contributed by atoms with Crippen LogP contribution in [-0.2, 0) is 0 Å². The number of hydrogen-bond donors (Lipinski definition) is 2. The Labute approximate surface area is 137 Å². The Morgan fingerprint density at radius 2 is 1.79 bits per heavy atom. The maximum absolute atomic E-state index is 13.0. The molecule has 0 aliphatic heterocycles. The third-order valence-corrected chi connectivity index (χ3v) is 3.46. The molecule has 2 N–H and O–H groups in total. The van der Waals surface area contributed by atoms with E-state index in [9.17, 15) is 14.4 Å². The van der Waals surface area contributed by atoms with Crippen molar-refractivity contribution < 1.29 is 4.39 Å². The first-order chi connectivity index (χ1) is 11.6. The van der Waals surface area contributed by atoms with E-state index in [0.29, 0.717) is 16.9 Å². The lowest BCUT2D eigenvalue weighted by Crippen LogP contribution is -2.16. The molecular weight excluding hydrogens is 307 g/mol. The van der Waals surface area contributed by atoms with Crippen molar-refractivity contribution in [2.45, 2.75) is 6.92 Å². The fourth-order valence-electron chi connectivity index (χ4n) is 2.23. The Kier molecular flexibility index (Phi) is 4.08. The van der Waals surface area contributed by atoms with Crippen LogP contribution in [0.3, 0.4) is 0 Å². The largest absolute Gasteiger partial charge is 0.326 e. The number of rotatable bonds is 3. The predicted molar refractivity (Wildman–Crippen MR) is 89.4 cm³/mol. The number of benzene rings is 2. The third-order valence-electron chi connectivity index (χ3n) is 3.46. The molecule has 0 aliphatic carbocycles. The molecule has 0 amide bonds. The van der Waals surface area contributed by atoms with E-state index in [4.69, 9.17) is 0 Å². The van der Waals surface area contributed by atoms with Crippen LogP contribution < -0.4 is 10.9 Å². The van der Waals surface area contributed by atoms with Crippen molar-refractivity contribution >= 4 is 11.6 Å². The monoisotopic (exact) mass is 320 g/mol. The number of nitriles is 1. The molecule has 1 heterocycles. The van der Waals surface area contributed by atoms with E-state index in [1.165, 1.54) is 24.3 Å². The van der Waals surface area contributed by atoms with Crippen LogP contribution in [0.1, 0.15) is 11.1 Å². The van der Waals surface area contributed by atoms with Gasteiger partial charge in [0, 0.05) is 11.3 Å². The van der Waals surface area contributed by atoms with Gasteiger partial charge in [0.2, 0.25) is 5.95 Å². The Hall–Kier alpha value is -3.46. The fourth-order valence-corrected chi connectivity index (χ4v) is 2.23. The number of aromatic amines is 1. The van der Waals surface area contributed by atoms with Crippen LogP contribution >= 0.6 is 0 Å². The van der Waals surface area contributed by atoms with Gasteiger partial charge in [-0.2, -0.15) is 5.26 Å². The topological polar surface area (TPSA) is 81.6 Å². The van der Waals surface area contributed by atoms with E-state index in [1.807, 2.05) is 25.1 Å². The van der Waals surface area contributed by atoms with Crippen LogP contribution in [0.25, 0.3) is 11.3 Å². The lowest BCUT2D eigenvalue weighted by atomic mass is 10.1. The summed E-state index contributed by atoms with van der Waals surface area (Å²) in [6, 6.07) is 14.9. The van der Waals surface area contributed by atoms with Gasteiger partial charge in [-0.05, 0) is 31.2 Å². The second kappa shape index (κ2) is 6.34. The first-order valence-corrected chi connectivity index (χ1v) is 7.21. The molecule has 0 saturated heterocycles. The van der Waals surface area contributed by atoms with Gasteiger partial charge in [0.25, 0.3) is 5.56 Å². The van der Waals surface area contributed by atoms with Gasteiger partial charge < -0.3 is 5.32 Å². The summed E-state index contributed by atoms with van der Waals surface area (Å²) >= 11 is 0. The lowest BCUT2D eigenvalue weighted by Gasteiger charge is -2.09. The van der Waals surface area contributed by atoms with Crippen LogP contribution in [0.2, 0.25) is 0 Å². The van der Waals surface area contributed by atoms with E-state index >= 15 is 0 Å². The standard InChI is InChI=1S/C18H13FN4O/c1-11-2-4-12(5-3-11)16-15(10-20)17(24)23-18(22-16)21-14-8-6-13(19)7-9-14/h2-9H,1H3,(H2,21,22,23,24). The molecular formula is C18H13FN4O. The summed E-state index contributed by atoms with van der Waals surface area (Å²) in [5.74, 6) is -0.177. The maximum atomic E-state index is 13.0.